The zero-order valence-electron chi connectivity index (χ0n) is 11.6. The van der Waals surface area contributed by atoms with Crippen LogP contribution in [0.2, 0.25) is 0 Å². The number of carboxylic acids is 1. The summed E-state index contributed by atoms with van der Waals surface area (Å²) in [5, 5.41) is 11.5. The van der Waals surface area contributed by atoms with E-state index in [1.165, 1.54) is 0 Å². The number of carboxylic acid groups (broad SMARTS) is 1. The molecule has 6 heteroatoms. The second-order valence-electron chi connectivity index (χ2n) is 5.38. The molecule has 1 aliphatic rings. The molecule has 1 heterocycles. The van der Waals surface area contributed by atoms with Crippen LogP contribution in [-0.4, -0.2) is 47.7 Å². The number of hydrogen-bond donors (Lipinski definition) is 3. The molecular formula is C13H25N3O3. The zero-order valence-corrected chi connectivity index (χ0v) is 11.6. The summed E-state index contributed by atoms with van der Waals surface area (Å²) < 4.78 is 0. The van der Waals surface area contributed by atoms with E-state index in [-0.39, 0.29) is 18.5 Å². The number of carbonyl (C=O) groups is 2. The van der Waals surface area contributed by atoms with Gasteiger partial charge in [0.1, 0.15) is 0 Å². The van der Waals surface area contributed by atoms with Crippen molar-refractivity contribution in [1.29, 1.82) is 0 Å². The first-order valence-electron chi connectivity index (χ1n) is 6.99. The Morgan fingerprint density at radius 1 is 1.37 bits per heavy atom. The number of aliphatic carboxylic acids is 1. The van der Waals surface area contributed by atoms with Gasteiger partial charge in [0, 0.05) is 32.1 Å². The summed E-state index contributed by atoms with van der Waals surface area (Å²) in [7, 11) is 0. The minimum Gasteiger partial charge on any atom is -0.481 e. The Balaban J connectivity index is 2.11. The van der Waals surface area contributed by atoms with E-state index in [1.54, 1.807) is 4.90 Å². The Kier molecular flexibility index (Phi) is 6.62. The molecule has 6 nitrogen and oxygen atoms in total. The lowest BCUT2D eigenvalue weighted by Crippen LogP contribution is -2.47. The van der Waals surface area contributed by atoms with E-state index in [0.29, 0.717) is 18.9 Å². The minimum atomic E-state index is -0.763. The van der Waals surface area contributed by atoms with Crippen molar-refractivity contribution in [2.24, 2.45) is 11.7 Å². The van der Waals surface area contributed by atoms with E-state index < -0.39 is 5.97 Å². The number of carbonyl (C=O) groups excluding carboxylic acids is 1. The van der Waals surface area contributed by atoms with Crippen LogP contribution >= 0.6 is 0 Å². The van der Waals surface area contributed by atoms with Crippen LogP contribution in [0, 0.1) is 5.92 Å². The number of nitrogens with two attached hydrogens (primary N) is 1. The largest absolute Gasteiger partial charge is 0.481 e. The molecule has 0 bridgehead atoms. The Bertz CT molecular complexity index is 302. The van der Waals surface area contributed by atoms with Crippen molar-refractivity contribution < 1.29 is 14.7 Å². The summed E-state index contributed by atoms with van der Waals surface area (Å²) in [5.74, 6) is -0.452. The van der Waals surface area contributed by atoms with Crippen LogP contribution in [0.3, 0.4) is 0 Å². The summed E-state index contributed by atoms with van der Waals surface area (Å²) in [5.41, 5.74) is 5.79. The lowest BCUT2D eigenvalue weighted by atomic mass is 10.0. The number of amides is 2. The van der Waals surface area contributed by atoms with Gasteiger partial charge in [0.2, 0.25) is 0 Å². The summed E-state index contributed by atoms with van der Waals surface area (Å²) in [6.45, 7) is 4.06. The van der Waals surface area contributed by atoms with Crippen LogP contribution in [0.25, 0.3) is 0 Å². The highest BCUT2D eigenvalue weighted by atomic mass is 16.4. The average molecular weight is 271 g/mol. The number of nitrogens with zero attached hydrogens (tertiary/aromatic N) is 1. The van der Waals surface area contributed by atoms with Gasteiger partial charge in [-0.05, 0) is 31.6 Å². The molecule has 1 aliphatic heterocycles. The zero-order chi connectivity index (χ0) is 14.3. The quantitative estimate of drug-likeness (QED) is 0.672. The summed E-state index contributed by atoms with van der Waals surface area (Å²) in [6.07, 6.45) is 3.39. The Hall–Kier alpha value is -1.30. The second-order valence-corrected chi connectivity index (χ2v) is 5.38. The standard InChI is InChI=1S/C13H25N3O3/c1-10(2-3-12(17)18)4-7-15-13(19)16-8-5-11(14)6-9-16/h10-11H,2-9,14H2,1H3,(H,15,19)(H,17,18). The van der Waals surface area contributed by atoms with Gasteiger partial charge in [-0.3, -0.25) is 4.79 Å². The second kappa shape index (κ2) is 7.99. The van der Waals surface area contributed by atoms with Crippen LogP contribution in [0.4, 0.5) is 4.79 Å². The van der Waals surface area contributed by atoms with Crippen molar-refractivity contribution in [2.75, 3.05) is 19.6 Å². The summed E-state index contributed by atoms with van der Waals surface area (Å²) in [4.78, 5) is 24.1. The molecule has 0 aliphatic carbocycles. The first kappa shape index (κ1) is 15.8. The van der Waals surface area contributed by atoms with Crippen molar-refractivity contribution >= 4 is 12.0 Å². The Morgan fingerprint density at radius 3 is 2.58 bits per heavy atom. The third kappa shape index (κ3) is 6.42. The fourth-order valence-corrected chi connectivity index (χ4v) is 2.15. The molecule has 0 aromatic heterocycles. The van der Waals surface area contributed by atoms with Crippen LogP contribution in [0.15, 0.2) is 0 Å². The number of nitrogens with one attached hydrogen (secondary N) is 1. The highest BCUT2D eigenvalue weighted by Crippen LogP contribution is 2.10. The van der Waals surface area contributed by atoms with Crippen molar-refractivity contribution in [3.63, 3.8) is 0 Å². The van der Waals surface area contributed by atoms with E-state index in [4.69, 9.17) is 10.8 Å². The van der Waals surface area contributed by atoms with Gasteiger partial charge in [-0.25, -0.2) is 4.79 Å². The topological polar surface area (TPSA) is 95.7 Å². The highest BCUT2D eigenvalue weighted by Gasteiger charge is 2.20. The molecule has 110 valence electrons. The van der Waals surface area contributed by atoms with Gasteiger partial charge in [-0.1, -0.05) is 6.92 Å². The molecular weight excluding hydrogens is 246 g/mol. The van der Waals surface area contributed by atoms with Crippen LogP contribution < -0.4 is 11.1 Å². The third-order valence-electron chi connectivity index (χ3n) is 3.59. The predicted octanol–water partition coefficient (Wildman–Crippen LogP) is 1.01. The van der Waals surface area contributed by atoms with Crippen molar-refractivity contribution in [1.82, 2.24) is 10.2 Å². The highest BCUT2D eigenvalue weighted by molar-refractivity contribution is 5.74. The van der Waals surface area contributed by atoms with Gasteiger partial charge >= 0.3 is 12.0 Å². The van der Waals surface area contributed by atoms with Crippen LogP contribution in [-0.2, 0) is 4.79 Å². The molecule has 1 rings (SSSR count). The molecule has 0 saturated carbocycles. The molecule has 2 amide bonds. The van der Waals surface area contributed by atoms with E-state index in [9.17, 15) is 9.59 Å². The maximum Gasteiger partial charge on any atom is 0.317 e. The van der Waals surface area contributed by atoms with Crippen LogP contribution in [0.1, 0.15) is 39.0 Å². The van der Waals surface area contributed by atoms with Gasteiger partial charge in [0.25, 0.3) is 0 Å². The lowest BCUT2D eigenvalue weighted by molar-refractivity contribution is -0.137. The molecule has 1 fully saturated rings. The number of rotatable bonds is 6. The van der Waals surface area contributed by atoms with Crippen molar-refractivity contribution in [2.45, 2.75) is 45.1 Å². The third-order valence-corrected chi connectivity index (χ3v) is 3.59. The Morgan fingerprint density at radius 2 is 2.00 bits per heavy atom. The fraction of sp³-hybridized carbons (Fsp3) is 0.846. The molecule has 19 heavy (non-hydrogen) atoms. The van der Waals surface area contributed by atoms with Gasteiger partial charge in [-0.2, -0.15) is 0 Å². The first-order chi connectivity index (χ1) is 8.99. The molecule has 1 unspecified atom stereocenters. The predicted molar refractivity (Wildman–Crippen MR) is 72.8 cm³/mol. The first-order valence-corrected chi connectivity index (χ1v) is 6.99. The Labute approximate surface area is 114 Å². The molecule has 0 aromatic rings. The van der Waals surface area contributed by atoms with Crippen LogP contribution in [0.5, 0.6) is 0 Å². The molecule has 1 atom stereocenters. The monoisotopic (exact) mass is 271 g/mol. The van der Waals surface area contributed by atoms with E-state index >= 15 is 0 Å². The normalized spacial score (nSPS) is 18.1. The van der Waals surface area contributed by atoms with E-state index in [1.807, 2.05) is 6.92 Å². The van der Waals surface area contributed by atoms with Gasteiger partial charge < -0.3 is 21.1 Å². The molecule has 1 saturated heterocycles. The summed E-state index contributed by atoms with van der Waals surface area (Å²) in [6, 6.07) is 0.192. The van der Waals surface area contributed by atoms with Gasteiger partial charge in [0.05, 0.1) is 0 Å². The maximum atomic E-state index is 11.8. The molecule has 0 aromatic carbocycles. The number of hydrogen-bond acceptors (Lipinski definition) is 3. The molecule has 0 spiro atoms. The van der Waals surface area contributed by atoms with Gasteiger partial charge in [0.15, 0.2) is 0 Å². The average Bonchev–Trinajstić information content (AvgIpc) is 2.37. The number of urea groups is 1. The van der Waals surface area contributed by atoms with Gasteiger partial charge in [-0.15, -0.1) is 0 Å². The summed E-state index contributed by atoms with van der Waals surface area (Å²) >= 11 is 0. The molecule has 4 N–H and O–H groups in total. The van der Waals surface area contributed by atoms with E-state index in [2.05, 4.69) is 5.32 Å². The van der Waals surface area contributed by atoms with Crippen molar-refractivity contribution in [3.8, 4) is 0 Å². The lowest BCUT2D eigenvalue weighted by Gasteiger charge is -2.30. The molecule has 0 radical (unpaired) electrons. The maximum absolute atomic E-state index is 11.8. The SMILES string of the molecule is CC(CCNC(=O)N1CCC(N)CC1)CCC(=O)O. The fourth-order valence-electron chi connectivity index (χ4n) is 2.15. The van der Waals surface area contributed by atoms with E-state index in [0.717, 1.165) is 32.4 Å². The smallest absolute Gasteiger partial charge is 0.317 e. The number of likely N-dealkylation sites (tertiary alicyclic amines) is 1. The number of piperidine rings is 1. The minimum absolute atomic E-state index is 0.0302. The van der Waals surface area contributed by atoms with Crippen molar-refractivity contribution in [3.05, 3.63) is 0 Å².